The van der Waals surface area contributed by atoms with E-state index in [1.165, 1.54) is 6.92 Å². The molecule has 0 bridgehead atoms. The van der Waals surface area contributed by atoms with E-state index in [2.05, 4.69) is 37.6 Å². The Labute approximate surface area is 163 Å². The number of aromatic nitrogens is 3. The molecular weight excluding hydrogens is 354 g/mol. The molecule has 1 amide bonds. The van der Waals surface area contributed by atoms with Gasteiger partial charge in [0.05, 0.1) is 12.2 Å². The largest absolute Gasteiger partial charge is 0.368 e. The molecule has 8 nitrogen and oxygen atoms in total. The molecular formula is C20H23N7O. The summed E-state index contributed by atoms with van der Waals surface area (Å²) in [5.74, 6) is 0.723. The number of rotatable bonds is 5. The third-order valence-corrected chi connectivity index (χ3v) is 4.69. The molecule has 0 spiro atoms. The number of hydrogen-bond acceptors (Lipinski definition) is 6. The molecule has 1 aliphatic heterocycles. The summed E-state index contributed by atoms with van der Waals surface area (Å²) in [5, 5.41) is 10.5. The van der Waals surface area contributed by atoms with Gasteiger partial charge in [0.2, 0.25) is 5.91 Å². The second-order valence-corrected chi connectivity index (χ2v) is 6.89. The van der Waals surface area contributed by atoms with Crippen molar-refractivity contribution in [2.24, 2.45) is 0 Å². The highest BCUT2D eigenvalue weighted by atomic mass is 16.1. The van der Waals surface area contributed by atoms with E-state index in [1.807, 2.05) is 49.6 Å². The van der Waals surface area contributed by atoms with Crippen LogP contribution in [-0.2, 0) is 4.79 Å². The highest BCUT2D eigenvalue weighted by Crippen LogP contribution is 2.25. The zero-order valence-corrected chi connectivity index (χ0v) is 15.8. The number of benzene rings is 1. The number of anilines is 2. The van der Waals surface area contributed by atoms with Crippen LogP contribution in [-0.4, -0.2) is 26.8 Å². The van der Waals surface area contributed by atoms with E-state index >= 15 is 0 Å². The van der Waals surface area contributed by atoms with Gasteiger partial charge in [0, 0.05) is 43.3 Å². The molecule has 28 heavy (non-hydrogen) atoms. The van der Waals surface area contributed by atoms with Gasteiger partial charge in [0.25, 0.3) is 0 Å². The first-order chi connectivity index (χ1) is 13.6. The van der Waals surface area contributed by atoms with Crippen molar-refractivity contribution in [1.82, 2.24) is 25.6 Å². The van der Waals surface area contributed by atoms with E-state index in [0.29, 0.717) is 0 Å². The average molecular weight is 377 g/mol. The second kappa shape index (κ2) is 7.79. The number of hydrazine groups is 1. The molecule has 1 aromatic carbocycles. The fraction of sp³-hybridized carbons (Fsp3) is 0.250. The molecule has 2 aromatic heterocycles. The summed E-state index contributed by atoms with van der Waals surface area (Å²) in [7, 11) is 0. The number of amides is 1. The Morgan fingerprint density at radius 2 is 2.14 bits per heavy atom. The van der Waals surface area contributed by atoms with Crippen LogP contribution in [0.5, 0.6) is 0 Å². The molecule has 3 heterocycles. The Hall–Kier alpha value is -3.23. The molecule has 2 unspecified atom stereocenters. The van der Waals surface area contributed by atoms with Crippen molar-refractivity contribution < 1.29 is 4.79 Å². The molecule has 0 radical (unpaired) electrons. The lowest BCUT2D eigenvalue weighted by Gasteiger charge is -2.16. The maximum atomic E-state index is 11.2. The number of hydrogen-bond donors (Lipinski definition) is 4. The summed E-state index contributed by atoms with van der Waals surface area (Å²) in [4.78, 5) is 15.7. The molecule has 0 aliphatic carbocycles. The predicted molar refractivity (Wildman–Crippen MR) is 108 cm³/mol. The van der Waals surface area contributed by atoms with Crippen LogP contribution in [0.2, 0.25) is 0 Å². The number of nitrogens with one attached hydrogen (secondary N) is 4. The number of nitrogens with zero attached hydrogens (tertiary/aromatic N) is 3. The van der Waals surface area contributed by atoms with Crippen LogP contribution in [0.15, 0.2) is 55.0 Å². The van der Waals surface area contributed by atoms with E-state index in [1.54, 1.807) is 10.9 Å². The molecule has 8 heteroatoms. The minimum absolute atomic E-state index is 0.0724. The molecule has 0 saturated carbocycles. The van der Waals surface area contributed by atoms with Gasteiger partial charge in [-0.3, -0.25) is 4.79 Å². The van der Waals surface area contributed by atoms with Crippen molar-refractivity contribution in [3.63, 3.8) is 0 Å². The average Bonchev–Trinajstić information content (AvgIpc) is 3.36. The van der Waals surface area contributed by atoms with Gasteiger partial charge in [-0.1, -0.05) is 6.07 Å². The molecule has 3 aromatic rings. The van der Waals surface area contributed by atoms with Crippen molar-refractivity contribution in [1.29, 1.82) is 0 Å². The zero-order valence-electron chi connectivity index (χ0n) is 15.8. The highest BCUT2D eigenvalue weighted by Gasteiger charge is 2.25. The predicted octanol–water partition coefficient (Wildman–Crippen LogP) is 2.51. The zero-order chi connectivity index (χ0) is 19.5. The van der Waals surface area contributed by atoms with Crippen molar-refractivity contribution in [2.75, 3.05) is 10.6 Å². The van der Waals surface area contributed by atoms with Crippen molar-refractivity contribution in [2.45, 2.75) is 32.5 Å². The third kappa shape index (κ3) is 4.03. The van der Waals surface area contributed by atoms with E-state index in [4.69, 9.17) is 0 Å². The maximum absolute atomic E-state index is 11.2. The Morgan fingerprint density at radius 3 is 2.82 bits per heavy atom. The van der Waals surface area contributed by atoms with Crippen LogP contribution >= 0.6 is 0 Å². The Kier molecular flexibility index (Phi) is 5.05. The molecule has 2 atom stereocenters. The van der Waals surface area contributed by atoms with Crippen LogP contribution < -0.4 is 21.5 Å². The van der Waals surface area contributed by atoms with Gasteiger partial charge in [0.1, 0.15) is 0 Å². The van der Waals surface area contributed by atoms with Crippen LogP contribution in [0.25, 0.3) is 5.82 Å². The quantitative estimate of drug-likeness (QED) is 0.546. The van der Waals surface area contributed by atoms with Crippen LogP contribution in [0, 0.1) is 6.92 Å². The lowest BCUT2D eigenvalue weighted by atomic mass is 10.1. The topological polar surface area (TPSA) is 95.9 Å². The number of aryl methyl sites for hydroxylation is 1. The van der Waals surface area contributed by atoms with Crippen LogP contribution in [0.4, 0.5) is 11.4 Å². The summed E-state index contributed by atoms with van der Waals surface area (Å²) in [6.45, 7) is 3.53. The first-order valence-corrected chi connectivity index (χ1v) is 9.20. The highest BCUT2D eigenvalue weighted by molar-refractivity contribution is 5.89. The SMILES string of the molecule is CC(=O)Nc1ccc(NC2CC(c3ccc(-n4cccn4)nc3)NN2)c(C)c1. The molecule has 144 valence electrons. The summed E-state index contributed by atoms with van der Waals surface area (Å²) < 4.78 is 1.74. The normalized spacial score (nSPS) is 18.8. The number of carbonyl (C=O) groups is 1. The van der Waals surface area contributed by atoms with Gasteiger partial charge in [-0.2, -0.15) is 5.10 Å². The van der Waals surface area contributed by atoms with Crippen molar-refractivity contribution in [3.05, 3.63) is 66.1 Å². The van der Waals surface area contributed by atoms with Crippen LogP contribution in [0.1, 0.15) is 30.5 Å². The van der Waals surface area contributed by atoms with Gasteiger partial charge >= 0.3 is 0 Å². The lowest BCUT2D eigenvalue weighted by Crippen LogP contribution is -2.36. The molecule has 4 rings (SSSR count). The minimum Gasteiger partial charge on any atom is -0.368 e. The molecule has 1 saturated heterocycles. The smallest absolute Gasteiger partial charge is 0.221 e. The van der Waals surface area contributed by atoms with Crippen molar-refractivity contribution in [3.8, 4) is 5.82 Å². The molecule has 1 aliphatic rings. The van der Waals surface area contributed by atoms with Gasteiger partial charge < -0.3 is 10.6 Å². The monoisotopic (exact) mass is 377 g/mol. The fourth-order valence-corrected chi connectivity index (χ4v) is 3.31. The minimum atomic E-state index is -0.0724. The van der Waals surface area contributed by atoms with E-state index in [0.717, 1.165) is 34.7 Å². The Morgan fingerprint density at radius 1 is 1.25 bits per heavy atom. The van der Waals surface area contributed by atoms with E-state index in [-0.39, 0.29) is 18.1 Å². The first kappa shape index (κ1) is 18.1. The van der Waals surface area contributed by atoms with Gasteiger partial charge in [-0.05, 0) is 48.4 Å². The summed E-state index contributed by atoms with van der Waals surface area (Å²) in [6.07, 6.45) is 6.44. The first-order valence-electron chi connectivity index (χ1n) is 9.20. The van der Waals surface area contributed by atoms with Gasteiger partial charge in [0.15, 0.2) is 5.82 Å². The second-order valence-electron chi connectivity index (χ2n) is 6.89. The van der Waals surface area contributed by atoms with Gasteiger partial charge in [-0.25, -0.2) is 20.5 Å². The van der Waals surface area contributed by atoms with E-state index < -0.39 is 0 Å². The number of carbonyl (C=O) groups excluding carboxylic acids is 1. The summed E-state index contributed by atoms with van der Waals surface area (Å²) in [6, 6.07) is 11.9. The van der Waals surface area contributed by atoms with E-state index in [9.17, 15) is 4.79 Å². The molecule has 4 N–H and O–H groups in total. The summed E-state index contributed by atoms with van der Waals surface area (Å²) >= 11 is 0. The molecule has 1 fully saturated rings. The van der Waals surface area contributed by atoms with Crippen molar-refractivity contribution >= 4 is 17.3 Å². The third-order valence-electron chi connectivity index (χ3n) is 4.69. The Balaban J connectivity index is 1.38. The maximum Gasteiger partial charge on any atom is 0.221 e. The van der Waals surface area contributed by atoms with Gasteiger partial charge in [-0.15, -0.1) is 0 Å². The summed E-state index contributed by atoms with van der Waals surface area (Å²) in [5.41, 5.74) is 10.6. The fourth-order valence-electron chi connectivity index (χ4n) is 3.31. The van der Waals surface area contributed by atoms with Crippen LogP contribution in [0.3, 0.4) is 0 Å². The standard InChI is InChI=1S/C20H23N7O/c1-13-10-16(23-14(2)28)5-6-17(13)24-19-11-18(25-26-19)15-4-7-20(21-12-15)27-9-3-8-22-27/h3-10,12,18-19,24-26H,11H2,1-2H3,(H,23,28). The lowest BCUT2D eigenvalue weighted by molar-refractivity contribution is -0.114. The number of pyridine rings is 1. The Bertz CT molecular complexity index is 953.